The molecule has 0 aliphatic carbocycles. The molecule has 5 heteroatoms. The molecule has 0 saturated carbocycles. The molecule has 0 N–H and O–H groups in total. The summed E-state index contributed by atoms with van der Waals surface area (Å²) in [6, 6.07) is 15.0. The molecule has 0 radical (unpaired) electrons. The first-order valence-electron chi connectivity index (χ1n) is 7.39. The lowest BCUT2D eigenvalue weighted by Gasteiger charge is -2.24. The summed E-state index contributed by atoms with van der Waals surface area (Å²) in [6.07, 6.45) is 2.37. The predicted molar refractivity (Wildman–Crippen MR) is 83.5 cm³/mol. The van der Waals surface area contributed by atoms with E-state index in [1.165, 1.54) is 22.5 Å². The molecule has 116 valence electrons. The normalized spacial score (nSPS) is 19.4. The fourth-order valence-corrected chi connectivity index (χ4v) is 4.70. The summed E-state index contributed by atoms with van der Waals surface area (Å²) in [4.78, 5) is 0.0347. The molecule has 0 bridgehead atoms. The fraction of sp³-hybridized carbons (Fsp3) is 0.294. The smallest absolute Gasteiger partial charge is 0.207 e. The van der Waals surface area contributed by atoms with Crippen LogP contribution in [0.2, 0.25) is 0 Å². The number of hydrogen-bond acceptors (Lipinski definition) is 2. The van der Waals surface area contributed by atoms with Crippen LogP contribution < -0.4 is 0 Å². The minimum absolute atomic E-state index is 0.0347. The number of sulfonamides is 1. The van der Waals surface area contributed by atoms with Gasteiger partial charge in [-0.15, -0.1) is 0 Å². The first-order chi connectivity index (χ1) is 10.6. The van der Waals surface area contributed by atoms with Crippen LogP contribution in [0.25, 0.3) is 0 Å². The Hall–Kier alpha value is -1.72. The van der Waals surface area contributed by atoms with Gasteiger partial charge in [0.15, 0.2) is 0 Å². The molecule has 1 saturated heterocycles. The summed E-state index contributed by atoms with van der Waals surface area (Å²) in [6.45, 7) is 0.496. The van der Waals surface area contributed by atoms with E-state index in [0.29, 0.717) is 13.0 Å². The summed E-state index contributed by atoms with van der Waals surface area (Å²) in [7, 11) is -3.64. The van der Waals surface area contributed by atoms with Crippen molar-refractivity contribution < 1.29 is 12.8 Å². The Balaban J connectivity index is 1.86. The molecule has 3 nitrogen and oxygen atoms in total. The SMILES string of the molecule is O=S(=O)(c1cccc(F)c1)N1CCCC1Cc1ccccc1. The Kier molecular flexibility index (Phi) is 4.27. The lowest BCUT2D eigenvalue weighted by atomic mass is 10.1. The topological polar surface area (TPSA) is 37.4 Å². The molecule has 1 unspecified atom stereocenters. The molecule has 3 rings (SSSR count). The lowest BCUT2D eigenvalue weighted by Crippen LogP contribution is -2.36. The monoisotopic (exact) mass is 319 g/mol. The van der Waals surface area contributed by atoms with Crippen molar-refractivity contribution in [2.45, 2.75) is 30.2 Å². The van der Waals surface area contributed by atoms with Crippen molar-refractivity contribution in [1.29, 1.82) is 0 Å². The van der Waals surface area contributed by atoms with Crippen molar-refractivity contribution in [3.8, 4) is 0 Å². The van der Waals surface area contributed by atoms with Crippen molar-refractivity contribution in [2.24, 2.45) is 0 Å². The second-order valence-electron chi connectivity index (χ2n) is 5.56. The minimum Gasteiger partial charge on any atom is -0.207 e. The molecular weight excluding hydrogens is 301 g/mol. The third-order valence-electron chi connectivity index (χ3n) is 4.04. The average molecular weight is 319 g/mol. The largest absolute Gasteiger partial charge is 0.243 e. The van der Waals surface area contributed by atoms with Crippen LogP contribution in [0.1, 0.15) is 18.4 Å². The van der Waals surface area contributed by atoms with Crippen molar-refractivity contribution in [3.63, 3.8) is 0 Å². The first kappa shape index (κ1) is 15.2. The van der Waals surface area contributed by atoms with Crippen molar-refractivity contribution >= 4 is 10.0 Å². The van der Waals surface area contributed by atoms with Crippen LogP contribution in [0.5, 0.6) is 0 Å². The van der Waals surface area contributed by atoms with E-state index in [-0.39, 0.29) is 10.9 Å². The van der Waals surface area contributed by atoms with Gasteiger partial charge in [0.1, 0.15) is 5.82 Å². The highest BCUT2D eigenvalue weighted by Gasteiger charge is 2.35. The van der Waals surface area contributed by atoms with E-state index in [2.05, 4.69) is 0 Å². The van der Waals surface area contributed by atoms with E-state index in [1.54, 1.807) is 0 Å². The zero-order valence-corrected chi connectivity index (χ0v) is 13.0. The van der Waals surface area contributed by atoms with Crippen LogP contribution in [0.3, 0.4) is 0 Å². The van der Waals surface area contributed by atoms with Crippen molar-refractivity contribution in [1.82, 2.24) is 4.31 Å². The van der Waals surface area contributed by atoms with Gasteiger partial charge in [-0.05, 0) is 43.0 Å². The van der Waals surface area contributed by atoms with Crippen LogP contribution in [-0.2, 0) is 16.4 Å². The highest BCUT2D eigenvalue weighted by atomic mass is 32.2. The number of halogens is 1. The second kappa shape index (κ2) is 6.18. The highest BCUT2D eigenvalue weighted by molar-refractivity contribution is 7.89. The van der Waals surface area contributed by atoms with Crippen LogP contribution >= 0.6 is 0 Å². The molecule has 0 aromatic heterocycles. The molecular formula is C17H18FNO2S. The molecule has 2 aromatic rings. The maximum absolute atomic E-state index is 13.3. The maximum Gasteiger partial charge on any atom is 0.243 e. The average Bonchev–Trinajstić information content (AvgIpc) is 2.97. The molecule has 1 fully saturated rings. The molecule has 0 amide bonds. The highest BCUT2D eigenvalue weighted by Crippen LogP contribution is 2.28. The zero-order valence-electron chi connectivity index (χ0n) is 12.2. The van der Waals surface area contributed by atoms with Gasteiger partial charge in [0.05, 0.1) is 4.90 Å². The molecule has 1 aliphatic heterocycles. The summed E-state index contributed by atoms with van der Waals surface area (Å²) in [5.41, 5.74) is 1.12. The summed E-state index contributed by atoms with van der Waals surface area (Å²) < 4.78 is 40.4. The molecule has 2 aromatic carbocycles. The van der Waals surface area contributed by atoms with Gasteiger partial charge < -0.3 is 0 Å². The standard InChI is InChI=1S/C17H18FNO2S/c18-15-8-4-10-17(13-15)22(20,21)19-11-5-9-16(19)12-14-6-2-1-3-7-14/h1-4,6-8,10,13,16H,5,9,11-12H2. The van der Waals surface area contributed by atoms with Gasteiger partial charge in [-0.2, -0.15) is 4.31 Å². The van der Waals surface area contributed by atoms with Gasteiger partial charge in [0, 0.05) is 12.6 Å². The zero-order chi connectivity index (χ0) is 15.6. The molecule has 22 heavy (non-hydrogen) atoms. The number of hydrogen-bond donors (Lipinski definition) is 0. The molecule has 1 atom stereocenters. The Morgan fingerprint density at radius 3 is 2.59 bits per heavy atom. The number of rotatable bonds is 4. The summed E-state index contributed by atoms with van der Waals surface area (Å²) in [5.74, 6) is -0.528. The van der Waals surface area contributed by atoms with Gasteiger partial charge in [0.2, 0.25) is 10.0 Å². The van der Waals surface area contributed by atoms with Crippen LogP contribution in [0, 0.1) is 5.82 Å². The van der Waals surface area contributed by atoms with Crippen molar-refractivity contribution in [3.05, 3.63) is 66.0 Å². The van der Waals surface area contributed by atoms with Gasteiger partial charge in [0.25, 0.3) is 0 Å². The van der Waals surface area contributed by atoms with E-state index < -0.39 is 15.8 Å². The minimum atomic E-state index is -3.64. The molecule has 0 spiro atoms. The van der Waals surface area contributed by atoms with Gasteiger partial charge in [-0.1, -0.05) is 36.4 Å². The Morgan fingerprint density at radius 2 is 1.86 bits per heavy atom. The quantitative estimate of drug-likeness (QED) is 0.868. The lowest BCUT2D eigenvalue weighted by molar-refractivity contribution is 0.385. The van der Waals surface area contributed by atoms with Crippen molar-refractivity contribution in [2.75, 3.05) is 6.54 Å². The Morgan fingerprint density at radius 1 is 1.09 bits per heavy atom. The van der Waals surface area contributed by atoms with Gasteiger partial charge >= 0.3 is 0 Å². The summed E-state index contributed by atoms with van der Waals surface area (Å²) in [5, 5.41) is 0. The van der Waals surface area contributed by atoms with Gasteiger partial charge in [-0.25, -0.2) is 12.8 Å². The number of nitrogens with zero attached hydrogens (tertiary/aromatic N) is 1. The Labute approximate surface area is 130 Å². The summed E-state index contributed by atoms with van der Waals surface area (Å²) >= 11 is 0. The third-order valence-corrected chi connectivity index (χ3v) is 5.99. The van der Waals surface area contributed by atoms with E-state index in [9.17, 15) is 12.8 Å². The van der Waals surface area contributed by atoms with Crippen LogP contribution in [0.4, 0.5) is 4.39 Å². The first-order valence-corrected chi connectivity index (χ1v) is 8.83. The third kappa shape index (κ3) is 3.05. The predicted octanol–water partition coefficient (Wildman–Crippen LogP) is 3.22. The second-order valence-corrected chi connectivity index (χ2v) is 7.45. The molecule has 1 aliphatic rings. The number of benzene rings is 2. The van der Waals surface area contributed by atoms with E-state index >= 15 is 0 Å². The van der Waals surface area contributed by atoms with E-state index in [0.717, 1.165) is 24.5 Å². The van der Waals surface area contributed by atoms with Crippen LogP contribution in [0.15, 0.2) is 59.5 Å². The maximum atomic E-state index is 13.3. The fourth-order valence-electron chi connectivity index (χ4n) is 2.98. The Bertz CT molecular complexity index is 746. The van der Waals surface area contributed by atoms with Gasteiger partial charge in [-0.3, -0.25) is 0 Å². The van der Waals surface area contributed by atoms with Crippen LogP contribution in [-0.4, -0.2) is 25.3 Å². The molecule has 1 heterocycles. The van der Waals surface area contributed by atoms with E-state index in [1.807, 2.05) is 30.3 Å². The van der Waals surface area contributed by atoms with E-state index in [4.69, 9.17) is 0 Å².